The molecule has 0 heterocycles. The first-order valence-electron chi connectivity index (χ1n) is 6.76. The van der Waals surface area contributed by atoms with Crippen molar-refractivity contribution in [1.82, 2.24) is 0 Å². The van der Waals surface area contributed by atoms with Gasteiger partial charge in [-0.25, -0.2) is 23.8 Å². The molecule has 0 saturated heterocycles. The van der Waals surface area contributed by atoms with Gasteiger partial charge in [0.05, 0.1) is 0 Å². The molecule has 0 bridgehead atoms. The molecular formula is C18H30SiZr-4. The molecule has 0 aliphatic heterocycles. The van der Waals surface area contributed by atoms with Crippen molar-refractivity contribution in [3.63, 3.8) is 0 Å². The van der Waals surface area contributed by atoms with Crippen molar-refractivity contribution < 1.29 is 23.3 Å². The molecule has 0 aromatic rings. The van der Waals surface area contributed by atoms with Gasteiger partial charge in [0.15, 0.2) is 0 Å². The first kappa shape index (κ1) is 25.0. The van der Waals surface area contributed by atoms with Crippen molar-refractivity contribution in [1.29, 1.82) is 0 Å². The average molecular weight is 366 g/mol. The van der Waals surface area contributed by atoms with Crippen LogP contribution in [-0.2, 0) is 23.3 Å². The fourth-order valence-electron chi connectivity index (χ4n) is 1.71. The second-order valence-electron chi connectivity index (χ2n) is 4.15. The maximum atomic E-state index is 3.20. The van der Waals surface area contributed by atoms with E-state index in [9.17, 15) is 0 Å². The number of unbranched alkanes of at least 4 members (excludes halogenated alkanes) is 3. The van der Waals surface area contributed by atoms with E-state index >= 15 is 0 Å². The fourth-order valence-corrected chi connectivity index (χ4v) is 1.71. The summed E-state index contributed by atoms with van der Waals surface area (Å²) in [5.74, 6) is 0. The Morgan fingerprint density at radius 1 is 1.10 bits per heavy atom. The van der Waals surface area contributed by atoms with Gasteiger partial charge in [0, 0.05) is 0 Å². The zero-order valence-electron chi connectivity index (χ0n) is 13.5. The zero-order valence-corrected chi connectivity index (χ0v) is 17.4. The molecule has 0 atom stereocenters. The number of hydrogen-bond acceptors (Lipinski definition) is 0. The van der Waals surface area contributed by atoms with Crippen molar-refractivity contribution in [2.75, 3.05) is 0 Å². The van der Waals surface area contributed by atoms with Crippen LogP contribution in [0.4, 0.5) is 0 Å². The number of rotatable bonds is 5. The predicted octanol–water partition coefficient (Wildman–Crippen LogP) is 4.93. The normalized spacial score (nSPS) is 13.1. The van der Waals surface area contributed by atoms with E-state index in [-0.39, 0.29) is 14.9 Å². The van der Waals surface area contributed by atoms with Gasteiger partial charge in [-0.2, -0.15) is 12.2 Å². The Morgan fingerprint density at radius 2 is 1.85 bits per heavy atom. The van der Waals surface area contributed by atoms with E-state index in [1.54, 1.807) is 23.3 Å². The molecule has 0 fully saturated rings. The van der Waals surface area contributed by atoms with Gasteiger partial charge in [0.2, 0.25) is 0 Å². The van der Waals surface area contributed by atoms with Crippen molar-refractivity contribution in [2.45, 2.75) is 51.9 Å². The summed E-state index contributed by atoms with van der Waals surface area (Å²) in [6.07, 6.45) is 25.4. The van der Waals surface area contributed by atoms with Gasteiger partial charge in [-0.05, 0) is 0 Å². The molecule has 0 unspecified atom stereocenters. The summed E-state index contributed by atoms with van der Waals surface area (Å²) in [7, 11) is 0. The standard InChI is InChI=1S/C11H17.C5H5.2CH3.H2Si.Zr/c1-2-3-4-5-8-11-9-6-7-10-11;1-2-4-5-3-1;;;;/h9-10H,2-6,8H2,1H3;1-3H,4H2;2*1H3;1H2;/q4*-1;;. The van der Waals surface area contributed by atoms with E-state index < -0.39 is 0 Å². The Bertz CT molecular complexity index is 291. The summed E-state index contributed by atoms with van der Waals surface area (Å²) in [6.45, 7) is 4.20. The topological polar surface area (TPSA) is 0 Å². The molecule has 0 nitrogen and oxygen atoms in total. The van der Waals surface area contributed by atoms with Gasteiger partial charge in [0.25, 0.3) is 0 Å². The van der Waals surface area contributed by atoms with Crippen LogP contribution >= 0.6 is 0 Å². The van der Waals surface area contributed by atoms with Crippen LogP contribution in [0.1, 0.15) is 51.9 Å². The molecule has 2 aliphatic carbocycles. The second-order valence-corrected chi connectivity index (χ2v) is 4.15. The van der Waals surface area contributed by atoms with Crippen molar-refractivity contribution in [3.05, 3.63) is 63.0 Å². The molecule has 0 aromatic heterocycles. The van der Waals surface area contributed by atoms with Gasteiger partial charge in [0.1, 0.15) is 0 Å². The van der Waals surface area contributed by atoms with Crippen molar-refractivity contribution in [3.8, 4) is 0 Å². The van der Waals surface area contributed by atoms with Gasteiger partial charge < -0.3 is 14.9 Å². The molecule has 0 N–H and O–H groups in total. The van der Waals surface area contributed by atoms with Crippen LogP contribution in [0.3, 0.4) is 0 Å². The first-order chi connectivity index (χ1) is 8.93. The summed E-state index contributed by atoms with van der Waals surface area (Å²) in [5.41, 5.74) is 1.50. The molecule has 114 valence electrons. The van der Waals surface area contributed by atoms with Crippen LogP contribution < -0.4 is 0 Å². The molecule has 2 aliphatic rings. The molecule has 0 amide bonds. The fraction of sp³-hybridized carbons (Fsp3) is 0.444. The van der Waals surface area contributed by atoms with E-state index in [1.165, 1.54) is 37.7 Å². The quantitative estimate of drug-likeness (QED) is 0.368. The van der Waals surface area contributed by atoms with E-state index in [2.05, 4.69) is 37.3 Å². The Morgan fingerprint density at radius 3 is 2.25 bits per heavy atom. The summed E-state index contributed by atoms with van der Waals surface area (Å²) in [4.78, 5) is 0. The Hall–Kier alpha value is 0.0600. The third kappa shape index (κ3) is 16.1. The molecule has 2 rings (SSSR count). The minimum atomic E-state index is 0. The van der Waals surface area contributed by atoms with E-state index in [0.717, 1.165) is 12.8 Å². The van der Waals surface area contributed by atoms with Crippen LogP contribution in [0, 0.1) is 27.0 Å². The third-order valence-corrected chi connectivity index (χ3v) is 2.67. The van der Waals surface area contributed by atoms with Gasteiger partial charge >= 0.3 is 30.2 Å². The summed E-state index contributed by atoms with van der Waals surface area (Å²) >= 11 is 1.58. The summed E-state index contributed by atoms with van der Waals surface area (Å²) in [5, 5.41) is 0. The van der Waals surface area contributed by atoms with Crippen LogP contribution in [0.5, 0.6) is 0 Å². The molecule has 20 heavy (non-hydrogen) atoms. The second kappa shape index (κ2) is 21.4. The Balaban J connectivity index is -0.000000274. The first-order valence-corrected chi connectivity index (χ1v) is 12.7. The molecule has 2 heteroatoms. The SMILES string of the molecule is CCCCCCC1=CC[C-]=C1.[C-]1=CC=CC1.[CH3-].[CH3-].[SiH2]=[Zr]. The van der Waals surface area contributed by atoms with Crippen molar-refractivity contribution >= 4 is 6.88 Å². The van der Waals surface area contributed by atoms with E-state index in [4.69, 9.17) is 0 Å². The predicted molar refractivity (Wildman–Crippen MR) is 92.2 cm³/mol. The molecule has 0 saturated carbocycles. The third-order valence-electron chi connectivity index (χ3n) is 2.67. The number of hydrogen-bond donors (Lipinski definition) is 0. The van der Waals surface area contributed by atoms with Gasteiger partial charge in [-0.1, -0.05) is 39.0 Å². The minimum absolute atomic E-state index is 0. The van der Waals surface area contributed by atoms with Crippen LogP contribution in [0.15, 0.2) is 36.0 Å². The summed E-state index contributed by atoms with van der Waals surface area (Å²) < 4.78 is 0. The maximum absolute atomic E-state index is 3.20. The van der Waals surface area contributed by atoms with Crippen molar-refractivity contribution in [2.24, 2.45) is 0 Å². The van der Waals surface area contributed by atoms with Crippen LogP contribution in [0.2, 0.25) is 0 Å². The molecule has 0 aromatic carbocycles. The molecule has 0 radical (unpaired) electrons. The number of allylic oxidation sites excluding steroid dienone is 8. The van der Waals surface area contributed by atoms with E-state index in [0.29, 0.717) is 0 Å². The zero-order chi connectivity index (χ0) is 13.5. The average Bonchev–Trinajstić information content (AvgIpc) is 3.12. The Labute approximate surface area is 144 Å². The van der Waals surface area contributed by atoms with Crippen LogP contribution in [0.25, 0.3) is 0 Å². The molecular weight excluding hydrogens is 336 g/mol. The summed E-state index contributed by atoms with van der Waals surface area (Å²) in [6, 6.07) is 0. The van der Waals surface area contributed by atoms with Gasteiger partial charge in [-0.15, -0.1) is 12.8 Å². The molecule has 0 spiro atoms. The van der Waals surface area contributed by atoms with Crippen LogP contribution in [-0.4, -0.2) is 6.88 Å². The monoisotopic (exact) mass is 364 g/mol. The van der Waals surface area contributed by atoms with E-state index in [1.807, 2.05) is 19.0 Å². The van der Waals surface area contributed by atoms with Gasteiger partial charge in [-0.3, -0.25) is 12.2 Å². The Kier molecular flexibility index (Phi) is 26.7.